The molecule has 0 saturated heterocycles. The predicted molar refractivity (Wildman–Crippen MR) is 62.9 cm³/mol. The molecule has 16 heavy (non-hydrogen) atoms. The van der Waals surface area contributed by atoms with Crippen molar-refractivity contribution in [2.45, 2.75) is 4.90 Å². The van der Waals surface area contributed by atoms with Crippen molar-refractivity contribution in [1.82, 2.24) is 19.6 Å². The van der Waals surface area contributed by atoms with Gasteiger partial charge >= 0.3 is 5.69 Å². The van der Waals surface area contributed by atoms with Gasteiger partial charge in [0, 0.05) is 10.3 Å². The molecule has 2 aromatic heterocycles. The maximum Gasteiger partial charge on any atom is 0.370 e. The lowest BCUT2D eigenvalue weighted by molar-refractivity contribution is 0.881. The highest BCUT2D eigenvalue weighted by molar-refractivity contribution is 7.98. The lowest BCUT2D eigenvalue weighted by Gasteiger charge is -2.00. The van der Waals surface area contributed by atoms with Crippen molar-refractivity contribution in [2.75, 3.05) is 6.26 Å². The van der Waals surface area contributed by atoms with Crippen LogP contribution in [0.5, 0.6) is 0 Å². The van der Waals surface area contributed by atoms with Gasteiger partial charge in [0.2, 0.25) is 0 Å². The first kappa shape index (κ1) is 9.41. The third kappa shape index (κ3) is 1.23. The van der Waals surface area contributed by atoms with Crippen LogP contribution in [0.25, 0.3) is 16.6 Å². The smallest absolute Gasteiger partial charge is 0.329 e. The summed E-state index contributed by atoms with van der Waals surface area (Å²) < 4.78 is 1.27. The van der Waals surface area contributed by atoms with Gasteiger partial charge in [-0.1, -0.05) is 0 Å². The number of benzene rings is 1. The van der Waals surface area contributed by atoms with Gasteiger partial charge in [0.05, 0.1) is 5.52 Å². The summed E-state index contributed by atoms with van der Waals surface area (Å²) in [5.41, 5.74) is 1.01. The van der Waals surface area contributed by atoms with E-state index in [4.69, 9.17) is 0 Å². The van der Waals surface area contributed by atoms with Crippen molar-refractivity contribution >= 4 is 28.3 Å². The SMILES string of the molecule is CSc1ccc2nc(=O)n3nc[nH]c3c2c1. The summed E-state index contributed by atoms with van der Waals surface area (Å²) in [7, 11) is 0. The second-order valence-corrected chi connectivity index (χ2v) is 4.21. The topological polar surface area (TPSA) is 63.1 Å². The van der Waals surface area contributed by atoms with Crippen LogP contribution in [0.1, 0.15) is 0 Å². The molecule has 3 rings (SSSR count). The molecule has 0 aliphatic rings. The number of fused-ring (bicyclic) bond motifs is 3. The van der Waals surface area contributed by atoms with Crippen LogP contribution >= 0.6 is 11.8 Å². The highest BCUT2D eigenvalue weighted by Gasteiger charge is 2.07. The van der Waals surface area contributed by atoms with Crippen molar-refractivity contribution in [3.8, 4) is 0 Å². The molecule has 0 amide bonds. The van der Waals surface area contributed by atoms with Crippen molar-refractivity contribution < 1.29 is 0 Å². The van der Waals surface area contributed by atoms with Crippen LogP contribution in [0.2, 0.25) is 0 Å². The Morgan fingerprint density at radius 3 is 3.12 bits per heavy atom. The highest BCUT2D eigenvalue weighted by Crippen LogP contribution is 2.21. The van der Waals surface area contributed by atoms with Crippen LogP contribution in [0.15, 0.2) is 34.2 Å². The second kappa shape index (κ2) is 3.34. The Morgan fingerprint density at radius 1 is 1.44 bits per heavy atom. The molecular weight excluding hydrogens is 224 g/mol. The molecule has 0 saturated carbocycles. The first-order valence-corrected chi connectivity index (χ1v) is 5.92. The Hall–Kier alpha value is -1.82. The number of aromatic amines is 1. The Morgan fingerprint density at radius 2 is 2.31 bits per heavy atom. The predicted octanol–water partition coefficient (Wildman–Crippen LogP) is 1.29. The molecule has 0 aliphatic carbocycles. The summed E-state index contributed by atoms with van der Waals surface area (Å²) in [6, 6.07) is 5.80. The van der Waals surface area contributed by atoms with Gasteiger partial charge in [-0.15, -0.1) is 11.8 Å². The Balaban J connectivity index is 2.55. The van der Waals surface area contributed by atoms with E-state index in [1.54, 1.807) is 11.8 Å². The number of rotatable bonds is 1. The minimum Gasteiger partial charge on any atom is -0.329 e. The second-order valence-electron chi connectivity index (χ2n) is 3.33. The van der Waals surface area contributed by atoms with Gasteiger partial charge in [0.15, 0.2) is 0 Å². The Bertz CT molecular complexity index is 730. The number of nitrogens with one attached hydrogen (secondary N) is 1. The number of hydrogen-bond acceptors (Lipinski definition) is 4. The van der Waals surface area contributed by atoms with Crippen molar-refractivity contribution in [3.63, 3.8) is 0 Å². The standard InChI is InChI=1S/C10H8N4OS/c1-16-6-2-3-8-7(4-6)9-11-5-12-14(9)10(15)13-8/h2-5H,1H3,(H,11,12). The zero-order valence-electron chi connectivity index (χ0n) is 8.47. The number of nitrogens with zero attached hydrogens (tertiary/aromatic N) is 3. The molecule has 0 bridgehead atoms. The molecule has 6 heteroatoms. The van der Waals surface area contributed by atoms with Crippen LogP contribution in [-0.4, -0.2) is 25.8 Å². The van der Waals surface area contributed by atoms with E-state index in [0.29, 0.717) is 11.2 Å². The first-order chi connectivity index (χ1) is 7.79. The summed E-state index contributed by atoms with van der Waals surface area (Å²) in [5.74, 6) is 0. The largest absolute Gasteiger partial charge is 0.370 e. The molecular formula is C10H8N4OS. The van der Waals surface area contributed by atoms with Crippen molar-refractivity contribution in [1.29, 1.82) is 0 Å². The summed E-state index contributed by atoms with van der Waals surface area (Å²) >= 11 is 1.65. The van der Waals surface area contributed by atoms with Gasteiger partial charge in [0.1, 0.15) is 12.0 Å². The third-order valence-corrected chi connectivity index (χ3v) is 3.17. The normalized spacial score (nSPS) is 11.3. The van der Waals surface area contributed by atoms with E-state index in [-0.39, 0.29) is 5.69 Å². The van der Waals surface area contributed by atoms with E-state index in [1.165, 1.54) is 10.8 Å². The molecule has 5 nitrogen and oxygen atoms in total. The molecule has 3 aromatic rings. The third-order valence-electron chi connectivity index (χ3n) is 2.44. The monoisotopic (exact) mass is 232 g/mol. The van der Waals surface area contributed by atoms with E-state index in [0.717, 1.165) is 10.3 Å². The van der Waals surface area contributed by atoms with Gasteiger partial charge in [-0.05, 0) is 24.5 Å². The molecule has 0 atom stereocenters. The van der Waals surface area contributed by atoms with Crippen molar-refractivity contribution in [3.05, 3.63) is 35.0 Å². The van der Waals surface area contributed by atoms with Crippen LogP contribution < -0.4 is 5.69 Å². The summed E-state index contributed by atoms with van der Waals surface area (Å²) in [6.07, 6.45) is 3.50. The van der Waals surface area contributed by atoms with Gasteiger partial charge < -0.3 is 4.98 Å². The molecule has 2 heterocycles. The maximum absolute atomic E-state index is 11.6. The van der Waals surface area contributed by atoms with E-state index in [2.05, 4.69) is 15.1 Å². The lowest BCUT2D eigenvalue weighted by atomic mass is 10.2. The van der Waals surface area contributed by atoms with Gasteiger partial charge in [0.25, 0.3) is 0 Å². The Kier molecular flexibility index (Phi) is 1.97. The van der Waals surface area contributed by atoms with Crippen LogP contribution in [0, 0.1) is 0 Å². The molecule has 80 valence electrons. The minimum absolute atomic E-state index is 0.361. The number of H-pyrrole nitrogens is 1. The lowest BCUT2D eigenvalue weighted by Crippen LogP contribution is -2.17. The fraction of sp³-hybridized carbons (Fsp3) is 0.100. The van der Waals surface area contributed by atoms with Gasteiger partial charge in [-0.3, -0.25) is 0 Å². The molecule has 0 radical (unpaired) electrons. The van der Waals surface area contributed by atoms with E-state index in [9.17, 15) is 4.79 Å². The maximum atomic E-state index is 11.6. The van der Waals surface area contributed by atoms with Gasteiger partial charge in [-0.25, -0.2) is 4.79 Å². The molecule has 1 aromatic carbocycles. The highest BCUT2D eigenvalue weighted by atomic mass is 32.2. The average Bonchev–Trinajstić information content (AvgIpc) is 2.78. The molecule has 0 fully saturated rings. The van der Waals surface area contributed by atoms with Crippen LogP contribution in [-0.2, 0) is 0 Å². The zero-order valence-corrected chi connectivity index (χ0v) is 9.28. The molecule has 0 aliphatic heterocycles. The van der Waals surface area contributed by atoms with E-state index >= 15 is 0 Å². The van der Waals surface area contributed by atoms with Crippen LogP contribution in [0.3, 0.4) is 0 Å². The minimum atomic E-state index is -0.361. The summed E-state index contributed by atoms with van der Waals surface area (Å²) in [5, 5.41) is 4.81. The fourth-order valence-electron chi connectivity index (χ4n) is 1.68. The summed E-state index contributed by atoms with van der Waals surface area (Å²) in [6.45, 7) is 0. The van der Waals surface area contributed by atoms with E-state index in [1.807, 2.05) is 24.5 Å². The number of aromatic nitrogens is 4. The molecule has 0 unspecified atom stereocenters. The van der Waals surface area contributed by atoms with Crippen LogP contribution in [0.4, 0.5) is 0 Å². The number of thioether (sulfide) groups is 1. The zero-order chi connectivity index (χ0) is 11.1. The van der Waals surface area contributed by atoms with Gasteiger partial charge in [-0.2, -0.15) is 14.6 Å². The van der Waals surface area contributed by atoms with E-state index < -0.39 is 0 Å². The Labute approximate surface area is 94.5 Å². The molecule has 1 N–H and O–H groups in total. The molecule has 0 spiro atoms. The summed E-state index contributed by atoms with van der Waals surface area (Å²) in [4.78, 5) is 19.6. The average molecular weight is 232 g/mol. The first-order valence-electron chi connectivity index (χ1n) is 4.70. The quantitative estimate of drug-likeness (QED) is 0.642. The number of hydrogen-bond donors (Lipinski definition) is 1. The van der Waals surface area contributed by atoms with Crippen molar-refractivity contribution in [2.24, 2.45) is 0 Å². The fourth-order valence-corrected chi connectivity index (χ4v) is 2.12.